The van der Waals surface area contributed by atoms with Gasteiger partial charge in [0.2, 0.25) is 5.96 Å². The van der Waals surface area contributed by atoms with Crippen molar-refractivity contribution < 1.29 is 0 Å². The lowest BCUT2D eigenvalue weighted by molar-refractivity contribution is 0.405. The molecule has 2 aromatic rings. The minimum absolute atomic E-state index is 0.333. The predicted octanol–water partition coefficient (Wildman–Crippen LogP) is 4.43. The first-order chi connectivity index (χ1) is 12.6. The molecule has 1 aliphatic rings. The third kappa shape index (κ3) is 3.78. The molecule has 26 heavy (non-hydrogen) atoms. The van der Waals surface area contributed by atoms with Gasteiger partial charge in [0.15, 0.2) is 0 Å². The molecular formula is C21H31N5. The number of aliphatic imine (C=N–C) groups is 1. The van der Waals surface area contributed by atoms with Crippen LogP contribution in [0.15, 0.2) is 47.2 Å². The van der Waals surface area contributed by atoms with Crippen LogP contribution in [0.1, 0.15) is 47.0 Å². The Morgan fingerprint density at radius 3 is 2.69 bits per heavy atom. The molecule has 0 radical (unpaired) electrons. The zero-order chi connectivity index (χ0) is 18.6. The summed E-state index contributed by atoms with van der Waals surface area (Å²) in [5, 5.41) is 11.8. The van der Waals surface area contributed by atoms with Crippen LogP contribution in [0.5, 0.6) is 0 Å². The largest absolute Gasteiger partial charge is 0.348 e. The van der Waals surface area contributed by atoms with Gasteiger partial charge >= 0.3 is 0 Å². The topological polar surface area (TPSA) is 53.4 Å². The maximum atomic E-state index is 4.96. The average molecular weight is 354 g/mol. The van der Waals surface area contributed by atoms with Crippen LogP contribution in [0.2, 0.25) is 0 Å². The maximum absolute atomic E-state index is 4.96. The Kier molecular flexibility index (Phi) is 5.67. The summed E-state index contributed by atoms with van der Waals surface area (Å²) in [4.78, 5) is 4.96. The molecule has 0 saturated heterocycles. The SMILES string of the molecule is CCCC1=CC(CC)(NCC)N=C(Nc2ccc3ccn(CC)c3c2)N1. The predicted molar refractivity (Wildman–Crippen MR) is 111 cm³/mol. The number of rotatable bonds is 7. The first-order valence-corrected chi connectivity index (χ1v) is 9.82. The molecule has 0 spiro atoms. The van der Waals surface area contributed by atoms with Crippen LogP contribution >= 0.6 is 0 Å². The molecular weight excluding hydrogens is 322 g/mol. The number of hydrogen-bond donors (Lipinski definition) is 3. The molecule has 0 bridgehead atoms. The summed E-state index contributed by atoms with van der Waals surface area (Å²) >= 11 is 0. The summed E-state index contributed by atoms with van der Waals surface area (Å²) in [5.74, 6) is 0.813. The van der Waals surface area contributed by atoms with E-state index in [1.807, 2.05) is 0 Å². The van der Waals surface area contributed by atoms with E-state index in [4.69, 9.17) is 4.99 Å². The summed E-state index contributed by atoms with van der Waals surface area (Å²) in [5.41, 5.74) is 3.19. The Morgan fingerprint density at radius 1 is 1.15 bits per heavy atom. The van der Waals surface area contributed by atoms with Gasteiger partial charge in [-0.3, -0.25) is 5.32 Å². The fourth-order valence-corrected chi connectivity index (χ4v) is 3.58. The number of guanidine groups is 1. The van der Waals surface area contributed by atoms with Crippen LogP contribution < -0.4 is 16.0 Å². The van der Waals surface area contributed by atoms with Gasteiger partial charge in [-0.1, -0.05) is 33.3 Å². The molecule has 2 heterocycles. The normalized spacial score (nSPS) is 19.8. The zero-order valence-corrected chi connectivity index (χ0v) is 16.4. The van der Waals surface area contributed by atoms with Crippen molar-refractivity contribution in [1.82, 2.24) is 15.2 Å². The Bertz CT molecular complexity index is 817. The first-order valence-electron chi connectivity index (χ1n) is 9.82. The molecule has 3 N–H and O–H groups in total. The van der Waals surface area contributed by atoms with Crippen LogP contribution in [-0.4, -0.2) is 22.7 Å². The van der Waals surface area contributed by atoms with Gasteiger partial charge in [-0.25, -0.2) is 4.99 Å². The van der Waals surface area contributed by atoms with E-state index in [0.29, 0.717) is 0 Å². The number of allylic oxidation sites excluding steroid dienone is 1. The molecule has 1 aliphatic heterocycles. The van der Waals surface area contributed by atoms with Gasteiger partial charge in [0, 0.05) is 24.1 Å². The van der Waals surface area contributed by atoms with E-state index in [2.05, 4.69) is 84.8 Å². The maximum Gasteiger partial charge on any atom is 0.202 e. The molecule has 0 aliphatic carbocycles. The van der Waals surface area contributed by atoms with Gasteiger partial charge in [0.25, 0.3) is 0 Å². The fourth-order valence-electron chi connectivity index (χ4n) is 3.58. The molecule has 5 nitrogen and oxygen atoms in total. The number of nitrogens with zero attached hydrogens (tertiary/aromatic N) is 2. The van der Waals surface area contributed by atoms with Crippen LogP contribution in [0.4, 0.5) is 5.69 Å². The van der Waals surface area contributed by atoms with Crippen LogP contribution in [0, 0.1) is 0 Å². The number of fused-ring (bicyclic) bond motifs is 1. The second-order valence-corrected chi connectivity index (χ2v) is 6.81. The molecule has 0 saturated carbocycles. The van der Waals surface area contributed by atoms with E-state index in [1.165, 1.54) is 16.6 Å². The lowest BCUT2D eigenvalue weighted by atomic mass is 10.0. The highest BCUT2D eigenvalue weighted by Crippen LogP contribution is 2.24. The van der Waals surface area contributed by atoms with E-state index in [0.717, 1.165) is 44.0 Å². The Hall–Kier alpha value is -2.27. The second kappa shape index (κ2) is 7.96. The molecule has 1 atom stereocenters. The number of anilines is 1. The molecule has 0 amide bonds. The van der Waals surface area contributed by atoms with Gasteiger partial charge in [-0.2, -0.15) is 0 Å². The Labute approximate surface area is 156 Å². The molecule has 140 valence electrons. The number of benzene rings is 1. The van der Waals surface area contributed by atoms with Gasteiger partial charge < -0.3 is 15.2 Å². The highest BCUT2D eigenvalue weighted by atomic mass is 15.3. The van der Waals surface area contributed by atoms with Gasteiger partial charge in [-0.05, 0) is 56.0 Å². The molecule has 1 unspecified atom stereocenters. The Morgan fingerprint density at radius 2 is 2.00 bits per heavy atom. The minimum atomic E-state index is -0.333. The van der Waals surface area contributed by atoms with Crippen molar-refractivity contribution in [2.24, 2.45) is 4.99 Å². The van der Waals surface area contributed by atoms with Gasteiger partial charge in [0.1, 0.15) is 5.66 Å². The number of hydrogen-bond acceptors (Lipinski definition) is 4. The van der Waals surface area contributed by atoms with E-state index < -0.39 is 0 Å². The van der Waals surface area contributed by atoms with Crippen molar-refractivity contribution in [3.63, 3.8) is 0 Å². The number of likely N-dealkylation sites (N-methyl/N-ethyl adjacent to an activating group) is 1. The van der Waals surface area contributed by atoms with Gasteiger partial charge in [0.05, 0.1) is 5.52 Å². The molecule has 1 aromatic heterocycles. The van der Waals surface area contributed by atoms with Crippen molar-refractivity contribution in [1.29, 1.82) is 0 Å². The van der Waals surface area contributed by atoms with Crippen molar-refractivity contribution in [2.45, 2.75) is 59.2 Å². The fraction of sp³-hybridized carbons (Fsp3) is 0.476. The summed E-state index contributed by atoms with van der Waals surface area (Å²) in [7, 11) is 0. The highest BCUT2D eigenvalue weighted by molar-refractivity contribution is 5.97. The van der Waals surface area contributed by atoms with Crippen LogP contribution in [0.25, 0.3) is 10.9 Å². The third-order valence-corrected chi connectivity index (χ3v) is 4.92. The molecule has 5 heteroatoms. The molecule has 1 aromatic carbocycles. The summed E-state index contributed by atoms with van der Waals surface area (Å²) in [6.45, 7) is 10.5. The van der Waals surface area contributed by atoms with Crippen LogP contribution in [-0.2, 0) is 6.54 Å². The Balaban J connectivity index is 1.90. The van der Waals surface area contributed by atoms with Crippen molar-refractivity contribution in [3.05, 3.63) is 42.2 Å². The number of aryl methyl sites for hydroxylation is 1. The molecule has 3 rings (SSSR count). The van der Waals surface area contributed by atoms with Crippen LogP contribution in [0.3, 0.4) is 0 Å². The third-order valence-electron chi connectivity index (χ3n) is 4.92. The summed E-state index contributed by atoms with van der Waals surface area (Å²) < 4.78 is 2.26. The average Bonchev–Trinajstić information content (AvgIpc) is 3.04. The number of nitrogens with one attached hydrogen (secondary N) is 3. The van der Waals surface area contributed by atoms with Gasteiger partial charge in [-0.15, -0.1) is 0 Å². The monoisotopic (exact) mass is 353 g/mol. The highest BCUT2D eigenvalue weighted by Gasteiger charge is 2.28. The van der Waals surface area contributed by atoms with Crippen molar-refractivity contribution in [2.75, 3.05) is 11.9 Å². The van der Waals surface area contributed by atoms with Crippen molar-refractivity contribution >= 4 is 22.5 Å². The lowest BCUT2D eigenvalue weighted by Crippen LogP contribution is -2.48. The summed E-state index contributed by atoms with van der Waals surface area (Å²) in [6, 6.07) is 8.63. The minimum Gasteiger partial charge on any atom is -0.348 e. The smallest absolute Gasteiger partial charge is 0.202 e. The standard InChI is InChI=1S/C21H31N5/c1-5-9-18-15-21(6-2,22-7-3)25-20(24-18)23-17-11-10-16-12-13-26(8-4)19(16)14-17/h10-15,22H,5-9H2,1-4H3,(H2,23,24,25). The number of aromatic nitrogens is 1. The first kappa shape index (κ1) is 18.5. The lowest BCUT2D eigenvalue weighted by Gasteiger charge is -2.33. The van der Waals surface area contributed by atoms with E-state index in [1.54, 1.807) is 0 Å². The van der Waals surface area contributed by atoms with E-state index in [-0.39, 0.29) is 5.66 Å². The summed E-state index contributed by atoms with van der Waals surface area (Å²) in [6.07, 6.45) is 7.43. The molecule has 0 fully saturated rings. The van der Waals surface area contributed by atoms with Crippen molar-refractivity contribution in [3.8, 4) is 0 Å². The zero-order valence-electron chi connectivity index (χ0n) is 16.4. The second-order valence-electron chi connectivity index (χ2n) is 6.81. The quantitative estimate of drug-likeness (QED) is 0.690. The van der Waals surface area contributed by atoms with E-state index in [9.17, 15) is 0 Å². The van der Waals surface area contributed by atoms with E-state index >= 15 is 0 Å².